The maximum Gasteiger partial charge on any atom is 0.303 e. The Labute approximate surface area is 133 Å². The van der Waals surface area contributed by atoms with Gasteiger partial charge in [0.05, 0.1) is 5.52 Å². The summed E-state index contributed by atoms with van der Waals surface area (Å²) in [6.07, 6.45) is 5.88. The molecule has 4 nitrogen and oxygen atoms in total. The van der Waals surface area contributed by atoms with Gasteiger partial charge in [0.25, 0.3) is 0 Å². The molecule has 2 aromatic rings. The van der Waals surface area contributed by atoms with Crippen molar-refractivity contribution in [3.05, 3.63) is 28.9 Å². The first-order valence-corrected chi connectivity index (χ1v) is 8.02. The van der Waals surface area contributed by atoms with E-state index in [4.69, 9.17) is 5.11 Å². The minimum absolute atomic E-state index is 0.278. The lowest BCUT2D eigenvalue weighted by molar-refractivity contribution is -0.137. The Kier molecular flexibility index (Phi) is 7.90. The van der Waals surface area contributed by atoms with Gasteiger partial charge >= 0.3 is 5.97 Å². The number of halogens is 1. The highest BCUT2D eigenvalue weighted by Crippen LogP contribution is 2.31. The fraction of sp³-hybridized carbons (Fsp3) is 0.438. The molecule has 2 rings (SSSR count). The molecule has 1 heterocycles. The van der Waals surface area contributed by atoms with Crippen LogP contribution in [-0.4, -0.2) is 21.2 Å². The number of aromatic amines is 1. The molecule has 0 radical (unpaired) electrons. The van der Waals surface area contributed by atoms with Crippen molar-refractivity contribution in [1.29, 1.82) is 0 Å². The second-order valence-corrected chi connectivity index (χ2v) is 5.68. The van der Waals surface area contributed by atoms with Gasteiger partial charge in [0, 0.05) is 11.8 Å². The number of aromatic nitrogens is 1. The number of benzene rings is 1. The Bertz CT molecular complexity index is 566. The lowest BCUT2D eigenvalue weighted by Gasteiger charge is -1.95. The number of H-pyrrole nitrogens is 1. The van der Waals surface area contributed by atoms with E-state index in [0.717, 1.165) is 23.7 Å². The molecule has 0 unspecified atom stereocenters. The summed E-state index contributed by atoms with van der Waals surface area (Å²) in [4.78, 5) is 13.0. The van der Waals surface area contributed by atoms with Crippen LogP contribution in [0.4, 0.5) is 0 Å². The molecule has 0 spiro atoms. The van der Waals surface area contributed by atoms with E-state index in [0.29, 0.717) is 11.0 Å². The normalized spacial score (nSPS) is 10.2. The lowest BCUT2D eigenvalue weighted by atomic mass is 10.1. The van der Waals surface area contributed by atoms with Crippen LogP contribution in [0.25, 0.3) is 10.9 Å². The maximum absolute atomic E-state index is 10.0. The summed E-state index contributed by atoms with van der Waals surface area (Å²) in [5.74, 6) is -0.392. The molecule has 0 amide bonds. The zero-order chi connectivity index (χ0) is 15.7. The molecule has 0 atom stereocenters. The highest BCUT2D eigenvalue weighted by Gasteiger charge is 2.05. The molecule has 0 bridgehead atoms. The predicted molar refractivity (Wildman–Crippen MR) is 88.7 cm³/mol. The Morgan fingerprint density at radius 1 is 1.19 bits per heavy atom. The first-order chi connectivity index (χ1) is 10.1. The molecular formula is C16H22BrNO3. The van der Waals surface area contributed by atoms with Crippen molar-refractivity contribution in [3.8, 4) is 5.75 Å². The van der Waals surface area contributed by atoms with Crippen LogP contribution in [-0.2, 0) is 4.79 Å². The minimum Gasteiger partial charge on any atom is -0.505 e. The molecule has 0 fully saturated rings. The van der Waals surface area contributed by atoms with Crippen molar-refractivity contribution in [3.63, 3.8) is 0 Å². The summed E-state index contributed by atoms with van der Waals surface area (Å²) < 4.78 is 0.638. The third-order valence-corrected chi connectivity index (χ3v) is 3.70. The van der Waals surface area contributed by atoms with E-state index in [1.54, 1.807) is 0 Å². The Hall–Kier alpha value is -1.49. The summed E-state index contributed by atoms with van der Waals surface area (Å²) in [5.41, 5.74) is 0.942. The zero-order valence-corrected chi connectivity index (χ0v) is 13.8. The van der Waals surface area contributed by atoms with Crippen LogP contribution < -0.4 is 0 Å². The molecule has 3 N–H and O–H groups in total. The standard InChI is InChI=1S/C8H6BrNO.C8H16O2/c9-8-7(11)5-3-1-2-4-6(5)10-8;1-2-3-4-5-6-7-8(9)10/h1-4,10-11H;2-7H2,1H3,(H,9,10). The predicted octanol–water partition coefficient (Wildman–Crippen LogP) is 5.07. The third kappa shape index (κ3) is 6.21. The van der Waals surface area contributed by atoms with E-state index in [-0.39, 0.29) is 5.75 Å². The van der Waals surface area contributed by atoms with Crippen LogP contribution in [0.5, 0.6) is 5.75 Å². The fourth-order valence-corrected chi connectivity index (χ4v) is 2.40. The molecule has 1 aromatic carbocycles. The van der Waals surface area contributed by atoms with E-state index >= 15 is 0 Å². The largest absolute Gasteiger partial charge is 0.505 e. The number of carboxylic acid groups (broad SMARTS) is 1. The van der Waals surface area contributed by atoms with E-state index in [9.17, 15) is 9.90 Å². The fourth-order valence-electron chi connectivity index (χ4n) is 1.97. The van der Waals surface area contributed by atoms with Crippen LogP contribution in [0.1, 0.15) is 45.4 Å². The van der Waals surface area contributed by atoms with Crippen LogP contribution in [0.3, 0.4) is 0 Å². The molecule has 21 heavy (non-hydrogen) atoms. The van der Waals surface area contributed by atoms with Crippen molar-refractivity contribution >= 4 is 32.8 Å². The Morgan fingerprint density at radius 3 is 2.48 bits per heavy atom. The van der Waals surface area contributed by atoms with Gasteiger partial charge in [-0.1, -0.05) is 44.7 Å². The molecule has 0 aliphatic carbocycles. The summed E-state index contributed by atoms with van der Waals surface area (Å²) in [7, 11) is 0. The van der Waals surface area contributed by atoms with Gasteiger partial charge in [-0.3, -0.25) is 4.79 Å². The highest BCUT2D eigenvalue weighted by atomic mass is 79.9. The number of rotatable bonds is 6. The monoisotopic (exact) mass is 355 g/mol. The molecule has 116 valence electrons. The van der Waals surface area contributed by atoms with Gasteiger partial charge in [0.1, 0.15) is 4.60 Å². The van der Waals surface area contributed by atoms with Crippen molar-refractivity contribution in [2.45, 2.75) is 45.4 Å². The molecule has 0 saturated carbocycles. The number of carboxylic acids is 1. The minimum atomic E-state index is -0.670. The molecule has 5 heteroatoms. The number of unbranched alkanes of at least 4 members (excludes halogenated alkanes) is 4. The van der Waals surface area contributed by atoms with Crippen LogP contribution in [0.15, 0.2) is 28.9 Å². The van der Waals surface area contributed by atoms with Gasteiger partial charge in [0.2, 0.25) is 0 Å². The average Bonchev–Trinajstić information content (AvgIpc) is 2.75. The van der Waals surface area contributed by atoms with Crippen molar-refractivity contribution in [2.24, 2.45) is 0 Å². The van der Waals surface area contributed by atoms with E-state index in [1.807, 2.05) is 24.3 Å². The van der Waals surface area contributed by atoms with Crippen LogP contribution >= 0.6 is 15.9 Å². The van der Waals surface area contributed by atoms with Gasteiger partial charge in [-0.15, -0.1) is 0 Å². The molecular weight excluding hydrogens is 334 g/mol. The number of nitrogens with one attached hydrogen (secondary N) is 1. The van der Waals surface area contributed by atoms with E-state index < -0.39 is 5.97 Å². The first-order valence-electron chi connectivity index (χ1n) is 7.23. The van der Waals surface area contributed by atoms with Crippen LogP contribution in [0.2, 0.25) is 0 Å². The number of para-hydroxylation sites is 1. The van der Waals surface area contributed by atoms with Crippen molar-refractivity contribution in [2.75, 3.05) is 0 Å². The number of aliphatic carboxylic acids is 1. The summed E-state index contributed by atoms with van der Waals surface area (Å²) in [6.45, 7) is 2.15. The Morgan fingerprint density at radius 2 is 1.86 bits per heavy atom. The SMILES string of the molecule is CCCCCCCC(=O)O.Oc1c(Br)[nH]c2ccccc12. The second-order valence-electron chi connectivity index (χ2n) is 4.89. The molecule has 0 aliphatic heterocycles. The molecule has 0 saturated heterocycles. The summed E-state index contributed by atoms with van der Waals surface area (Å²) in [6, 6.07) is 7.60. The summed E-state index contributed by atoms with van der Waals surface area (Å²) >= 11 is 3.20. The van der Waals surface area contributed by atoms with Gasteiger partial charge < -0.3 is 15.2 Å². The van der Waals surface area contributed by atoms with Crippen molar-refractivity contribution in [1.82, 2.24) is 4.98 Å². The van der Waals surface area contributed by atoms with Crippen LogP contribution in [0, 0.1) is 0 Å². The number of hydrogen-bond donors (Lipinski definition) is 3. The average molecular weight is 356 g/mol. The van der Waals surface area contributed by atoms with Gasteiger partial charge in [-0.05, 0) is 34.5 Å². The smallest absolute Gasteiger partial charge is 0.303 e. The van der Waals surface area contributed by atoms with Gasteiger partial charge in [-0.2, -0.15) is 0 Å². The highest BCUT2D eigenvalue weighted by molar-refractivity contribution is 9.10. The topological polar surface area (TPSA) is 73.3 Å². The number of hydrogen-bond acceptors (Lipinski definition) is 2. The maximum atomic E-state index is 10.0. The molecule has 0 aliphatic rings. The van der Waals surface area contributed by atoms with Gasteiger partial charge in [0.15, 0.2) is 5.75 Å². The number of fused-ring (bicyclic) bond motifs is 1. The zero-order valence-electron chi connectivity index (χ0n) is 12.2. The quantitative estimate of drug-likeness (QED) is 0.633. The number of aromatic hydroxyl groups is 1. The van der Waals surface area contributed by atoms with Gasteiger partial charge in [-0.25, -0.2) is 0 Å². The van der Waals surface area contributed by atoms with Crippen molar-refractivity contribution < 1.29 is 15.0 Å². The first kappa shape index (κ1) is 17.6. The number of carbonyl (C=O) groups is 1. The molecule has 1 aromatic heterocycles. The van der Waals surface area contributed by atoms with E-state index in [1.165, 1.54) is 19.3 Å². The summed E-state index contributed by atoms with van der Waals surface area (Å²) in [5, 5.41) is 18.5. The Balaban J connectivity index is 0.000000212. The third-order valence-electron chi connectivity index (χ3n) is 3.13. The second kappa shape index (κ2) is 9.45. The lowest BCUT2D eigenvalue weighted by Crippen LogP contribution is -1.93. The van der Waals surface area contributed by atoms with E-state index in [2.05, 4.69) is 27.8 Å².